The fourth-order valence-corrected chi connectivity index (χ4v) is 10.1. The van der Waals surface area contributed by atoms with Crippen LogP contribution in [0.4, 0.5) is 8.78 Å². The number of hydrogen-bond acceptors (Lipinski definition) is 4. The standard InChI is InChI=1S/C31H42F2N2O3/c1-16(4-11-26-34-24-10-9-23(32)28(33)27(24)29(38)35-26)20-7-8-21-19-6-5-17-14-18(36)12-13-30(17,2)22(19)15-25(37)31(20,21)3/h9-10,16-22,25,36-37H,4-8,11-15H2,1-3H3,(H,34,35,38)/t16-,17-,18-,19+,20-,21+,22?,25+,30+,31-/m1/s1. The molecule has 10 atom stereocenters. The Morgan fingerprint density at radius 3 is 2.66 bits per heavy atom. The number of nitrogens with zero attached hydrogens (tertiary/aromatic N) is 1. The Kier molecular flexibility index (Phi) is 6.50. The number of rotatable bonds is 4. The van der Waals surface area contributed by atoms with Crippen molar-refractivity contribution < 1.29 is 19.0 Å². The monoisotopic (exact) mass is 528 g/mol. The van der Waals surface area contributed by atoms with Crippen LogP contribution in [0.25, 0.3) is 10.9 Å². The van der Waals surface area contributed by atoms with E-state index in [2.05, 4.69) is 30.7 Å². The molecule has 0 aliphatic heterocycles. The van der Waals surface area contributed by atoms with E-state index in [4.69, 9.17) is 0 Å². The molecule has 4 aliphatic rings. The Morgan fingerprint density at radius 1 is 1.08 bits per heavy atom. The first-order valence-electron chi connectivity index (χ1n) is 14.8. The number of aryl methyl sites for hydroxylation is 1. The first-order valence-corrected chi connectivity index (χ1v) is 14.8. The van der Waals surface area contributed by atoms with E-state index in [0.29, 0.717) is 47.8 Å². The molecule has 1 unspecified atom stereocenters. The smallest absolute Gasteiger partial charge is 0.261 e. The van der Waals surface area contributed by atoms with E-state index in [9.17, 15) is 23.8 Å². The normalized spacial score (nSPS) is 41.4. The molecule has 0 radical (unpaired) electrons. The van der Waals surface area contributed by atoms with Gasteiger partial charge < -0.3 is 15.2 Å². The number of aromatic nitrogens is 2. The number of H-pyrrole nitrogens is 1. The molecule has 4 saturated carbocycles. The summed E-state index contributed by atoms with van der Waals surface area (Å²) in [7, 11) is 0. The summed E-state index contributed by atoms with van der Waals surface area (Å²) in [6, 6.07) is 2.37. The van der Waals surface area contributed by atoms with Crippen molar-refractivity contribution in [3.63, 3.8) is 0 Å². The van der Waals surface area contributed by atoms with Gasteiger partial charge in [-0.2, -0.15) is 0 Å². The maximum Gasteiger partial charge on any atom is 0.261 e. The quantitative estimate of drug-likeness (QED) is 0.471. The van der Waals surface area contributed by atoms with Gasteiger partial charge in [-0.1, -0.05) is 20.8 Å². The van der Waals surface area contributed by atoms with Crippen LogP contribution in [0.15, 0.2) is 16.9 Å². The molecule has 1 aromatic heterocycles. The fraction of sp³-hybridized carbons (Fsp3) is 0.742. The van der Waals surface area contributed by atoms with Crippen molar-refractivity contribution in [3.05, 3.63) is 39.9 Å². The second kappa shape index (κ2) is 9.36. The number of fused-ring (bicyclic) bond motifs is 6. The van der Waals surface area contributed by atoms with E-state index in [1.54, 1.807) is 0 Å². The van der Waals surface area contributed by atoms with E-state index < -0.39 is 17.2 Å². The van der Waals surface area contributed by atoms with E-state index >= 15 is 0 Å². The Morgan fingerprint density at radius 2 is 1.87 bits per heavy atom. The lowest BCUT2D eigenvalue weighted by Crippen LogP contribution is -2.58. The molecule has 0 saturated heterocycles. The molecular weight excluding hydrogens is 486 g/mol. The van der Waals surface area contributed by atoms with Gasteiger partial charge >= 0.3 is 0 Å². The van der Waals surface area contributed by atoms with E-state index in [0.717, 1.165) is 51.0 Å². The molecule has 1 aromatic carbocycles. The van der Waals surface area contributed by atoms with Crippen molar-refractivity contribution >= 4 is 10.9 Å². The number of halogens is 2. The Balaban J connectivity index is 1.19. The third kappa shape index (κ3) is 3.89. The Hall–Kier alpha value is -1.86. The second-order valence-corrected chi connectivity index (χ2v) is 13.7. The molecule has 0 amide bonds. The molecular formula is C31H42F2N2O3. The minimum absolute atomic E-state index is 0.122. The molecule has 3 N–H and O–H groups in total. The highest BCUT2D eigenvalue weighted by atomic mass is 19.2. The van der Waals surface area contributed by atoms with E-state index in [-0.39, 0.29) is 33.9 Å². The van der Waals surface area contributed by atoms with Gasteiger partial charge in [0.25, 0.3) is 5.56 Å². The van der Waals surface area contributed by atoms with Crippen molar-refractivity contribution in [3.8, 4) is 0 Å². The summed E-state index contributed by atoms with van der Waals surface area (Å²) in [5.41, 5.74) is -0.362. The zero-order valence-electron chi connectivity index (χ0n) is 22.9. The third-order valence-electron chi connectivity index (χ3n) is 12.2. The highest BCUT2D eigenvalue weighted by molar-refractivity contribution is 5.78. The summed E-state index contributed by atoms with van der Waals surface area (Å²) in [4.78, 5) is 19.6. The minimum atomic E-state index is -1.15. The highest BCUT2D eigenvalue weighted by Crippen LogP contribution is 2.68. The summed E-state index contributed by atoms with van der Waals surface area (Å²) in [5, 5.41) is 21.8. The molecule has 1 heterocycles. The summed E-state index contributed by atoms with van der Waals surface area (Å²) < 4.78 is 27.7. The lowest BCUT2D eigenvalue weighted by Gasteiger charge is -2.62. The second-order valence-electron chi connectivity index (χ2n) is 13.7. The molecule has 208 valence electrons. The first kappa shape index (κ1) is 26.4. The van der Waals surface area contributed by atoms with Crippen LogP contribution >= 0.6 is 0 Å². The lowest BCUT2D eigenvalue weighted by molar-refractivity contribution is -0.174. The van der Waals surface area contributed by atoms with Gasteiger partial charge in [0.05, 0.1) is 17.7 Å². The van der Waals surface area contributed by atoms with E-state index in [1.807, 2.05) is 0 Å². The number of aromatic amines is 1. The molecule has 7 heteroatoms. The Bertz CT molecular complexity index is 1280. The highest BCUT2D eigenvalue weighted by Gasteiger charge is 2.63. The van der Waals surface area contributed by atoms with Gasteiger partial charge in [0, 0.05) is 6.42 Å². The summed E-state index contributed by atoms with van der Waals surface area (Å²) >= 11 is 0. The molecule has 6 rings (SSSR count). The average molecular weight is 529 g/mol. The summed E-state index contributed by atoms with van der Waals surface area (Å²) in [6.45, 7) is 7.04. The molecule has 0 bridgehead atoms. The van der Waals surface area contributed by atoms with Crippen molar-refractivity contribution in [2.45, 2.75) is 97.2 Å². The van der Waals surface area contributed by atoms with Crippen LogP contribution in [0.2, 0.25) is 0 Å². The van der Waals surface area contributed by atoms with Gasteiger partial charge in [-0.05, 0) is 116 Å². The zero-order valence-corrected chi connectivity index (χ0v) is 22.9. The lowest BCUT2D eigenvalue weighted by atomic mass is 9.43. The van der Waals surface area contributed by atoms with Crippen LogP contribution in [-0.2, 0) is 6.42 Å². The Labute approximate surface area is 223 Å². The number of nitrogens with one attached hydrogen (secondary N) is 1. The SMILES string of the molecule is C[C@H](CCc1nc2ccc(F)c(F)c2c(=O)[nH]1)[C@H]1CC[C@H]2[C@@H]3CC[C@@H]4C[C@H](O)CC[C@]4(C)C3C[C@H](O)[C@]12C. The van der Waals surface area contributed by atoms with Gasteiger partial charge in [-0.15, -0.1) is 0 Å². The average Bonchev–Trinajstić information content (AvgIpc) is 3.24. The number of hydrogen-bond donors (Lipinski definition) is 3. The predicted molar refractivity (Wildman–Crippen MR) is 142 cm³/mol. The predicted octanol–water partition coefficient (Wildman–Crippen LogP) is 5.76. The number of aliphatic hydroxyl groups excluding tert-OH is 2. The molecule has 4 fully saturated rings. The molecule has 0 spiro atoms. The van der Waals surface area contributed by atoms with Crippen molar-refractivity contribution in [1.29, 1.82) is 0 Å². The van der Waals surface area contributed by atoms with Crippen LogP contribution in [0.5, 0.6) is 0 Å². The van der Waals surface area contributed by atoms with Crippen LogP contribution < -0.4 is 5.56 Å². The molecule has 2 aromatic rings. The third-order valence-corrected chi connectivity index (χ3v) is 12.2. The summed E-state index contributed by atoms with van der Waals surface area (Å²) in [5.74, 6) is 1.28. The summed E-state index contributed by atoms with van der Waals surface area (Å²) in [6.07, 6.45) is 9.29. The van der Waals surface area contributed by atoms with Crippen molar-refractivity contribution in [2.75, 3.05) is 0 Å². The van der Waals surface area contributed by atoms with Crippen LogP contribution in [0.3, 0.4) is 0 Å². The fourth-order valence-electron chi connectivity index (χ4n) is 10.1. The van der Waals surface area contributed by atoms with Crippen LogP contribution in [0, 0.1) is 58.0 Å². The van der Waals surface area contributed by atoms with E-state index in [1.165, 1.54) is 18.9 Å². The van der Waals surface area contributed by atoms with Gasteiger partial charge in [0.2, 0.25) is 0 Å². The van der Waals surface area contributed by atoms with Crippen molar-refractivity contribution in [1.82, 2.24) is 9.97 Å². The van der Waals surface area contributed by atoms with Crippen molar-refractivity contribution in [2.24, 2.45) is 46.3 Å². The molecule has 38 heavy (non-hydrogen) atoms. The number of aliphatic hydroxyl groups is 2. The maximum absolute atomic E-state index is 14.1. The first-order chi connectivity index (χ1) is 18.0. The molecule has 5 nitrogen and oxygen atoms in total. The van der Waals surface area contributed by atoms with Crippen LogP contribution in [0.1, 0.15) is 84.4 Å². The number of benzene rings is 1. The van der Waals surface area contributed by atoms with Gasteiger partial charge in [-0.3, -0.25) is 4.79 Å². The largest absolute Gasteiger partial charge is 0.393 e. The minimum Gasteiger partial charge on any atom is -0.393 e. The van der Waals surface area contributed by atoms with Crippen LogP contribution in [-0.4, -0.2) is 32.4 Å². The molecule has 4 aliphatic carbocycles. The topological polar surface area (TPSA) is 86.2 Å². The van der Waals surface area contributed by atoms with Gasteiger partial charge in [-0.25, -0.2) is 13.8 Å². The zero-order chi connectivity index (χ0) is 27.0. The van der Waals surface area contributed by atoms with Gasteiger partial charge in [0.1, 0.15) is 11.2 Å². The maximum atomic E-state index is 14.1. The van der Waals surface area contributed by atoms with Gasteiger partial charge in [0.15, 0.2) is 11.6 Å².